The van der Waals surface area contributed by atoms with E-state index in [0.717, 1.165) is 12.2 Å². The number of rotatable bonds is 6. The van der Waals surface area contributed by atoms with Crippen LogP contribution in [0.15, 0.2) is 12.2 Å². The molecule has 0 aliphatic rings. The molecule has 0 aliphatic heterocycles. The second-order valence-corrected chi connectivity index (χ2v) is 3.06. The largest absolute Gasteiger partial charge is 0.441 e. The van der Waals surface area contributed by atoms with E-state index in [-0.39, 0.29) is 13.5 Å². The lowest BCUT2D eigenvalue weighted by molar-refractivity contribution is -0.140. The number of carbonyl (C=O) groups excluding carboxylic acids is 4. The summed E-state index contributed by atoms with van der Waals surface area (Å²) < 4.78 is 9.08. The fourth-order valence-electron chi connectivity index (χ4n) is 0.755. The summed E-state index contributed by atoms with van der Waals surface area (Å²) in [6.07, 6.45) is 1.65. The van der Waals surface area contributed by atoms with E-state index in [1.165, 1.54) is 14.1 Å². The second-order valence-electron chi connectivity index (χ2n) is 3.06. The molecular weight excluding hydrogens is 272 g/mol. The monoisotopic (exact) mass is 288 g/mol. The van der Waals surface area contributed by atoms with Crippen LogP contribution in [0.1, 0.15) is 0 Å². The summed E-state index contributed by atoms with van der Waals surface area (Å²) in [7, 11) is 2.81. The van der Waals surface area contributed by atoms with Gasteiger partial charge in [-0.2, -0.15) is 0 Å². The van der Waals surface area contributed by atoms with Crippen LogP contribution in [-0.2, 0) is 19.1 Å². The SMILES string of the molecule is CNC(=O)NCOC(=O)/C=C/C(=O)OCNC(=O)NC. The highest BCUT2D eigenvalue weighted by Gasteiger charge is 2.02. The molecule has 10 heteroatoms. The van der Waals surface area contributed by atoms with Gasteiger partial charge in [0.05, 0.1) is 0 Å². The molecule has 0 saturated carbocycles. The lowest BCUT2D eigenvalue weighted by Gasteiger charge is -2.04. The fraction of sp³-hybridized carbons (Fsp3) is 0.400. The normalized spacial score (nSPS) is 9.50. The molecule has 0 fully saturated rings. The highest BCUT2D eigenvalue weighted by molar-refractivity contribution is 5.91. The Hall–Kier alpha value is -2.78. The average molecular weight is 288 g/mol. The second kappa shape index (κ2) is 10.2. The lowest BCUT2D eigenvalue weighted by Crippen LogP contribution is -2.35. The number of hydrogen-bond donors (Lipinski definition) is 4. The quantitative estimate of drug-likeness (QED) is 0.264. The average Bonchev–Trinajstić information content (AvgIpc) is 2.44. The van der Waals surface area contributed by atoms with E-state index in [1.54, 1.807) is 0 Å². The molecule has 20 heavy (non-hydrogen) atoms. The van der Waals surface area contributed by atoms with Gasteiger partial charge in [0.2, 0.25) is 0 Å². The van der Waals surface area contributed by atoms with Crippen molar-refractivity contribution in [2.75, 3.05) is 27.6 Å². The minimum Gasteiger partial charge on any atom is -0.441 e. The van der Waals surface area contributed by atoms with Gasteiger partial charge in [-0.1, -0.05) is 0 Å². The van der Waals surface area contributed by atoms with E-state index in [4.69, 9.17) is 0 Å². The van der Waals surface area contributed by atoms with Crippen molar-refractivity contribution in [1.29, 1.82) is 0 Å². The van der Waals surface area contributed by atoms with Gasteiger partial charge in [0.1, 0.15) is 0 Å². The number of carbonyl (C=O) groups is 4. The van der Waals surface area contributed by atoms with Gasteiger partial charge in [-0.15, -0.1) is 0 Å². The summed E-state index contributed by atoms with van der Waals surface area (Å²) in [5.41, 5.74) is 0. The maximum Gasteiger partial charge on any atom is 0.332 e. The number of hydrogen-bond acceptors (Lipinski definition) is 6. The number of nitrogens with one attached hydrogen (secondary N) is 4. The Balaban J connectivity index is 3.80. The minimum atomic E-state index is -0.836. The maximum atomic E-state index is 11.1. The number of amides is 4. The smallest absolute Gasteiger partial charge is 0.332 e. The summed E-state index contributed by atoms with van der Waals surface area (Å²) in [6.45, 7) is -0.674. The Bertz CT molecular complexity index is 359. The van der Waals surface area contributed by atoms with Crippen LogP contribution >= 0.6 is 0 Å². The van der Waals surface area contributed by atoms with E-state index < -0.39 is 24.0 Å². The van der Waals surface area contributed by atoms with Crippen LogP contribution in [0.2, 0.25) is 0 Å². The molecule has 0 radical (unpaired) electrons. The van der Waals surface area contributed by atoms with Crippen LogP contribution in [0.5, 0.6) is 0 Å². The molecule has 0 aromatic carbocycles. The van der Waals surface area contributed by atoms with Crippen LogP contribution < -0.4 is 21.3 Å². The molecule has 0 bridgehead atoms. The molecule has 0 aromatic rings. The molecular formula is C10H16N4O6. The predicted molar refractivity (Wildman–Crippen MR) is 66.2 cm³/mol. The maximum absolute atomic E-state index is 11.1. The van der Waals surface area contributed by atoms with Gasteiger partial charge in [0.25, 0.3) is 0 Å². The zero-order valence-electron chi connectivity index (χ0n) is 11.0. The van der Waals surface area contributed by atoms with Crippen molar-refractivity contribution in [3.05, 3.63) is 12.2 Å². The first-order chi connectivity index (χ1) is 9.49. The number of urea groups is 2. The first kappa shape index (κ1) is 17.2. The summed E-state index contributed by atoms with van der Waals surface area (Å²) in [4.78, 5) is 43.6. The number of esters is 2. The van der Waals surface area contributed by atoms with Gasteiger partial charge in [-0.25, -0.2) is 19.2 Å². The molecule has 4 N–H and O–H groups in total. The van der Waals surface area contributed by atoms with Crippen LogP contribution in [0.4, 0.5) is 9.59 Å². The Morgan fingerprint density at radius 3 is 1.45 bits per heavy atom. The molecule has 0 rings (SSSR count). The summed E-state index contributed by atoms with van der Waals surface area (Å²) in [6, 6.07) is -1.03. The molecule has 4 amide bonds. The lowest BCUT2D eigenvalue weighted by atomic mass is 10.5. The zero-order chi connectivity index (χ0) is 15.4. The molecule has 0 atom stereocenters. The molecule has 0 aliphatic carbocycles. The standard InChI is InChI=1S/C10H16N4O6/c1-11-9(17)13-5-19-7(15)3-4-8(16)20-6-14-10(18)12-2/h3-4H,5-6H2,1-2H3,(H2,11,13,17)(H2,12,14,18)/b4-3+. The van der Waals surface area contributed by atoms with Gasteiger partial charge in [0, 0.05) is 26.2 Å². The van der Waals surface area contributed by atoms with E-state index in [0.29, 0.717) is 0 Å². The summed E-state index contributed by atoms with van der Waals surface area (Å²) in [5.74, 6) is -1.67. The Morgan fingerprint density at radius 2 is 1.15 bits per heavy atom. The van der Waals surface area contributed by atoms with E-state index in [2.05, 4.69) is 30.7 Å². The molecule has 0 spiro atoms. The predicted octanol–water partition coefficient (Wildman–Crippen LogP) is -1.60. The number of ether oxygens (including phenoxy) is 2. The van der Waals surface area contributed by atoms with Crippen molar-refractivity contribution in [3.8, 4) is 0 Å². The van der Waals surface area contributed by atoms with Gasteiger partial charge < -0.3 is 30.7 Å². The van der Waals surface area contributed by atoms with Gasteiger partial charge in [-0.3, -0.25) is 0 Å². The van der Waals surface area contributed by atoms with Gasteiger partial charge >= 0.3 is 24.0 Å². The first-order valence-electron chi connectivity index (χ1n) is 5.42. The molecule has 10 nitrogen and oxygen atoms in total. The molecule has 0 heterocycles. The Kier molecular flexibility index (Phi) is 8.76. The van der Waals surface area contributed by atoms with Crippen molar-refractivity contribution < 1.29 is 28.7 Å². The van der Waals surface area contributed by atoms with Crippen LogP contribution in [0.25, 0.3) is 0 Å². The highest BCUT2D eigenvalue weighted by Crippen LogP contribution is 1.84. The van der Waals surface area contributed by atoms with Crippen molar-refractivity contribution in [2.24, 2.45) is 0 Å². The van der Waals surface area contributed by atoms with Crippen molar-refractivity contribution in [2.45, 2.75) is 0 Å². The van der Waals surface area contributed by atoms with Crippen molar-refractivity contribution in [1.82, 2.24) is 21.3 Å². The van der Waals surface area contributed by atoms with Crippen LogP contribution in [0, 0.1) is 0 Å². The minimum absolute atomic E-state index is 0.337. The van der Waals surface area contributed by atoms with Crippen LogP contribution in [-0.4, -0.2) is 51.6 Å². The van der Waals surface area contributed by atoms with E-state index in [9.17, 15) is 19.2 Å². The molecule has 0 saturated heterocycles. The Morgan fingerprint density at radius 1 is 0.800 bits per heavy atom. The van der Waals surface area contributed by atoms with E-state index in [1.807, 2.05) is 0 Å². The topological polar surface area (TPSA) is 135 Å². The Labute approximate surface area is 114 Å². The van der Waals surface area contributed by atoms with Gasteiger partial charge in [-0.05, 0) is 0 Å². The van der Waals surface area contributed by atoms with Gasteiger partial charge in [0.15, 0.2) is 13.5 Å². The zero-order valence-corrected chi connectivity index (χ0v) is 11.0. The van der Waals surface area contributed by atoms with Crippen molar-refractivity contribution in [3.63, 3.8) is 0 Å². The summed E-state index contributed by atoms with van der Waals surface area (Å²) >= 11 is 0. The third kappa shape index (κ3) is 9.27. The van der Waals surface area contributed by atoms with E-state index >= 15 is 0 Å². The van der Waals surface area contributed by atoms with Crippen molar-refractivity contribution >= 4 is 24.0 Å². The molecule has 112 valence electrons. The molecule has 0 unspecified atom stereocenters. The third-order valence-corrected chi connectivity index (χ3v) is 1.70. The highest BCUT2D eigenvalue weighted by atomic mass is 16.5. The molecule has 0 aromatic heterocycles. The first-order valence-corrected chi connectivity index (χ1v) is 5.42. The third-order valence-electron chi connectivity index (χ3n) is 1.70. The fourth-order valence-corrected chi connectivity index (χ4v) is 0.755. The van der Waals surface area contributed by atoms with Crippen LogP contribution in [0.3, 0.4) is 0 Å². The summed E-state index contributed by atoms with van der Waals surface area (Å²) in [5, 5.41) is 8.92.